The maximum atomic E-state index is 13.0. The van der Waals surface area contributed by atoms with Gasteiger partial charge in [-0.3, -0.25) is 4.79 Å². The zero-order valence-electron chi connectivity index (χ0n) is 16.9. The number of hydrogen-bond acceptors (Lipinski definition) is 3. The van der Waals surface area contributed by atoms with Crippen molar-refractivity contribution in [2.24, 2.45) is 0 Å². The fourth-order valence-corrected chi connectivity index (χ4v) is 4.50. The van der Waals surface area contributed by atoms with E-state index in [2.05, 4.69) is 56.9 Å². The van der Waals surface area contributed by atoms with Crippen LogP contribution in [0.15, 0.2) is 53.3 Å². The van der Waals surface area contributed by atoms with Gasteiger partial charge in [-0.05, 0) is 30.4 Å². The summed E-state index contributed by atoms with van der Waals surface area (Å²) in [6.45, 7) is 10.7. The molecule has 4 aromatic rings. The summed E-state index contributed by atoms with van der Waals surface area (Å²) in [5, 5.41) is 0.682. The Morgan fingerprint density at radius 2 is 1.50 bits per heavy atom. The van der Waals surface area contributed by atoms with Crippen molar-refractivity contribution < 1.29 is 0 Å². The molecule has 2 heterocycles. The summed E-state index contributed by atoms with van der Waals surface area (Å²) in [4.78, 5) is 22.6. The van der Waals surface area contributed by atoms with Crippen molar-refractivity contribution in [3.63, 3.8) is 0 Å². The second-order valence-corrected chi connectivity index (χ2v) is 9.52. The van der Waals surface area contributed by atoms with Crippen molar-refractivity contribution in [1.82, 2.24) is 9.97 Å². The minimum atomic E-state index is -0.0835. The summed E-state index contributed by atoms with van der Waals surface area (Å²) in [6.07, 6.45) is 0. The van der Waals surface area contributed by atoms with Gasteiger partial charge in [-0.15, -0.1) is 11.3 Å². The Bertz CT molecular complexity index is 1210. The van der Waals surface area contributed by atoms with Gasteiger partial charge in [-0.25, -0.2) is 4.98 Å². The van der Waals surface area contributed by atoms with Gasteiger partial charge in [0.25, 0.3) is 5.56 Å². The average Bonchev–Trinajstić information content (AvgIpc) is 2.98. The van der Waals surface area contributed by atoms with Gasteiger partial charge in [0.2, 0.25) is 0 Å². The molecule has 28 heavy (non-hydrogen) atoms. The topological polar surface area (TPSA) is 45.8 Å². The van der Waals surface area contributed by atoms with E-state index in [1.54, 1.807) is 11.3 Å². The molecule has 0 fully saturated rings. The Labute approximate surface area is 169 Å². The van der Waals surface area contributed by atoms with Crippen molar-refractivity contribution in [2.75, 3.05) is 0 Å². The summed E-state index contributed by atoms with van der Waals surface area (Å²) in [6, 6.07) is 16.6. The SMILES string of the molecule is Cc1ccc(-c2nc3sc(C)c(-c4ccc(C(C)(C)C)cc4)c3c(=O)[nH]2)cc1. The second-order valence-electron chi connectivity index (χ2n) is 8.32. The molecule has 0 aliphatic heterocycles. The molecule has 2 aromatic carbocycles. The summed E-state index contributed by atoms with van der Waals surface area (Å²) in [5.41, 5.74) is 5.46. The lowest BCUT2D eigenvalue weighted by Crippen LogP contribution is -2.11. The standard InChI is InChI=1S/C24H24N2OS/c1-14-6-8-17(9-7-14)21-25-22(27)20-19(15(2)28-23(20)26-21)16-10-12-18(13-11-16)24(3,4)5/h6-13H,1-5H3,(H,25,26,27). The number of thiophene rings is 1. The molecule has 4 rings (SSSR count). The van der Waals surface area contributed by atoms with Gasteiger partial charge in [0, 0.05) is 16.0 Å². The number of aromatic nitrogens is 2. The molecule has 0 unspecified atom stereocenters. The molecular weight excluding hydrogens is 364 g/mol. The number of nitrogens with one attached hydrogen (secondary N) is 1. The molecule has 0 atom stereocenters. The van der Waals surface area contributed by atoms with Gasteiger partial charge in [-0.1, -0.05) is 74.9 Å². The number of aromatic amines is 1. The van der Waals surface area contributed by atoms with Crippen molar-refractivity contribution in [3.05, 3.63) is 74.9 Å². The number of hydrogen-bond donors (Lipinski definition) is 1. The van der Waals surface area contributed by atoms with Gasteiger partial charge in [-0.2, -0.15) is 0 Å². The molecular formula is C24H24N2OS. The van der Waals surface area contributed by atoms with Crippen LogP contribution in [0.3, 0.4) is 0 Å². The Morgan fingerprint density at radius 3 is 2.11 bits per heavy atom. The summed E-state index contributed by atoms with van der Waals surface area (Å²) in [7, 11) is 0. The van der Waals surface area contributed by atoms with E-state index in [0.717, 1.165) is 26.4 Å². The number of rotatable bonds is 2. The van der Waals surface area contributed by atoms with E-state index < -0.39 is 0 Å². The highest BCUT2D eigenvalue weighted by molar-refractivity contribution is 7.19. The number of fused-ring (bicyclic) bond motifs is 1. The van der Waals surface area contributed by atoms with Crippen LogP contribution >= 0.6 is 11.3 Å². The third-order valence-electron chi connectivity index (χ3n) is 5.10. The zero-order chi connectivity index (χ0) is 20.1. The van der Waals surface area contributed by atoms with Gasteiger partial charge in [0.1, 0.15) is 10.7 Å². The molecule has 0 aliphatic rings. The second kappa shape index (κ2) is 6.71. The lowest BCUT2D eigenvalue weighted by molar-refractivity contribution is 0.590. The third kappa shape index (κ3) is 3.29. The predicted molar refractivity (Wildman–Crippen MR) is 119 cm³/mol. The third-order valence-corrected chi connectivity index (χ3v) is 6.10. The minimum absolute atomic E-state index is 0.0835. The Morgan fingerprint density at radius 1 is 0.893 bits per heavy atom. The minimum Gasteiger partial charge on any atom is -0.306 e. The molecule has 0 saturated carbocycles. The lowest BCUT2D eigenvalue weighted by Gasteiger charge is -2.19. The van der Waals surface area contributed by atoms with Crippen molar-refractivity contribution in [2.45, 2.75) is 40.0 Å². The van der Waals surface area contributed by atoms with E-state index in [9.17, 15) is 4.79 Å². The predicted octanol–water partition coefficient (Wildman–Crippen LogP) is 6.23. The first-order valence-corrected chi connectivity index (χ1v) is 10.3. The maximum absolute atomic E-state index is 13.0. The smallest absolute Gasteiger partial charge is 0.260 e. The number of benzene rings is 2. The highest BCUT2D eigenvalue weighted by Gasteiger charge is 2.18. The molecule has 0 saturated heterocycles. The van der Waals surface area contributed by atoms with E-state index in [-0.39, 0.29) is 11.0 Å². The quantitative estimate of drug-likeness (QED) is 0.442. The fourth-order valence-electron chi connectivity index (χ4n) is 3.45. The van der Waals surface area contributed by atoms with Crippen LogP contribution in [0.5, 0.6) is 0 Å². The van der Waals surface area contributed by atoms with E-state index in [4.69, 9.17) is 4.98 Å². The van der Waals surface area contributed by atoms with E-state index in [0.29, 0.717) is 11.2 Å². The van der Waals surface area contributed by atoms with Crippen LogP contribution in [0.25, 0.3) is 32.7 Å². The molecule has 4 heteroatoms. The maximum Gasteiger partial charge on any atom is 0.260 e. The molecule has 1 N–H and O–H groups in total. The first kappa shape index (κ1) is 18.6. The van der Waals surface area contributed by atoms with Crippen molar-refractivity contribution in [1.29, 1.82) is 0 Å². The Balaban J connectivity index is 1.86. The molecule has 3 nitrogen and oxygen atoms in total. The summed E-state index contributed by atoms with van der Waals surface area (Å²) >= 11 is 1.58. The molecule has 0 aliphatic carbocycles. The highest BCUT2D eigenvalue weighted by Crippen LogP contribution is 2.37. The zero-order valence-corrected chi connectivity index (χ0v) is 17.7. The van der Waals surface area contributed by atoms with Crippen molar-refractivity contribution >= 4 is 21.6 Å². The van der Waals surface area contributed by atoms with E-state index in [1.165, 1.54) is 11.1 Å². The van der Waals surface area contributed by atoms with Crippen LogP contribution in [-0.4, -0.2) is 9.97 Å². The van der Waals surface area contributed by atoms with Crippen molar-refractivity contribution in [3.8, 4) is 22.5 Å². The molecule has 142 valence electrons. The van der Waals surface area contributed by atoms with Gasteiger partial charge in [0.15, 0.2) is 0 Å². The van der Waals surface area contributed by atoms with Crippen LogP contribution < -0.4 is 5.56 Å². The van der Waals surface area contributed by atoms with E-state index in [1.807, 2.05) is 31.2 Å². The molecule has 0 amide bonds. The Kier molecular flexibility index (Phi) is 4.47. The van der Waals surface area contributed by atoms with E-state index >= 15 is 0 Å². The van der Waals surface area contributed by atoms with Gasteiger partial charge in [0.05, 0.1) is 5.39 Å². The Hall–Kier alpha value is -2.72. The molecule has 2 aromatic heterocycles. The van der Waals surface area contributed by atoms with Crippen LogP contribution in [0.1, 0.15) is 36.8 Å². The largest absolute Gasteiger partial charge is 0.306 e. The summed E-state index contributed by atoms with van der Waals surface area (Å²) in [5.74, 6) is 0.619. The highest BCUT2D eigenvalue weighted by atomic mass is 32.1. The van der Waals surface area contributed by atoms with Crippen LogP contribution in [0.4, 0.5) is 0 Å². The number of aryl methyl sites for hydroxylation is 2. The fraction of sp³-hybridized carbons (Fsp3) is 0.250. The van der Waals surface area contributed by atoms with Crippen LogP contribution in [0.2, 0.25) is 0 Å². The number of H-pyrrole nitrogens is 1. The van der Waals surface area contributed by atoms with Gasteiger partial charge < -0.3 is 4.98 Å². The van der Waals surface area contributed by atoms with Crippen LogP contribution in [-0.2, 0) is 5.41 Å². The first-order chi connectivity index (χ1) is 13.2. The summed E-state index contributed by atoms with van der Waals surface area (Å²) < 4.78 is 0. The normalized spacial score (nSPS) is 11.9. The molecule has 0 bridgehead atoms. The molecule has 0 radical (unpaired) electrons. The van der Waals surface area contributed by atoms with Gasteiger partial charge >= 0.3 is 0 Å². The average molecular weight is 389 g/mol. The first-order valence-electron chi connectivity index (χ1n) is 9.45. The number of nitrogens with zero attached hydrogens (tertiary/aromatic N) is 1. The molecule has 0 spiro atoms. The monoisotopic (exact) mass is 388 g/mol. The lowest BCUT2D eigenvalue weighted by atomic mass is 9.86. The van der Waals surface area contributed by atoms with Crippen LogP contribution in [0, 0.1) is 13.8 Å².